The van der Waals surface area contributed by atoms with Crippen molar-refractivity contribution in [3.8, 4) is 0 Å². The molecule has 0 aliphatic carbocycles. The lowest BCUT2D eigenvalue weighted by Gasteiger charge is -2.36. The lowest BCUT2D eigenvalue weighted by molar-refractivity contribution is -0.133. The highest BCUT2D eigenvalue weighted by atomic mass is 16.3. The Kier molecular flexibility index (Phi) is 6.70. The first-order valence-corrected chi connectivity index (χ1v) is 9.67. The van der Waals surface area contributed by atoms with Crippen LogP contribution in [0.5, 0.6) is 0 Å². The summed E-state index contributed by atoms with van der Waals surface area (Å²) in [7, 11) is 0. The maximum absolute atomic E-state index is 12.3. The Balaban J connectivity index is 1.32. The van der Waals surface area contributed by atoms with Crippen molar-refractivity contribution in [3.63, 3.8) is 0 Å². The Morgan fingerprint density at radius 1 is 1.00 bits per heavy atom. The van der Waals surface area contributed by atoms with E-state index in [0.29, 0.717) is 18.2 Å². The van der Waals surface area contributed by atoms with Gasteiger partial charge >= 0.3 is 0 Å². The van der Waals surface area contributed by atoms with Gasteiger partial charge < -0.3 is 14.9 Å². The molecule has 0 saturated carbocycles. The van der Waals surface area contributed by atoms with Gasteiger partial charge in [0.25, 0.3) is 0 Å². The van der Waals surface area contributed by atoms with Crippen LogP contribution in [0.1, 0.15) is 25.7 Å². The third-order valence-corrected chi connectivity index (χ3v) is 5.58. The molecule has 1 amide bonds. The second-order valence-corrected chi connectivity index (χ2v) is 7.27. The SMILES string of the molecule is O=C(CCCN1CCN(c2ccccc2)CC1)N1CCC(CO)CC1. The van der Waals surface area contributed by atoms with Crippen molar-refractivity contribution in [3.05, 3.63) is 30.3 Å². The maximum atomic E-state index is 12.3. The first kappa shape index (κ1) is 18.2. The van der Waals surface area contributed by atoms with Crippen LogP contribution in [0, 0.1) is 5.92 Å². The first-order valence-electron chi connectivity index (χ1n) is 9.67. The smallest absolute Gasteiger partial charge is 0.222 e. The summed E-state index contributed by atoms with van der Waals surface area (Å²) in [5.74, 6) is 0.685. The molecule has 3 rings (SSSR count). The van der Waals surface area contributed by atoms with Crippen LogP contribution >= 0.6 is 0 Å². The number of likely N-dealkylation sites (tertiary alicyclic amines) is 1. The summed E-state index contributed by atoms with van der Waals surface area (Å²) >= 11 is 0. The number of nitrogens with zero attached hydrogens (tertiary/aromatic N) is 3. The van der Waals surface area contributed by atoms with Gasteiger partial charge in [0.05, 0.1) is 0 Å². The number of carbonyl (C=O) groups excluding carboxylic acids is 1. The van der Waals surface area contributed by atoms with Crippen LogP contribution in [0.4, 0.5) is 5.69 Å². The van der Waals surface area contributed by atoms with Crippen molar-refractivity contribution in [1.29, 1.82) is 0 Å². The van der Waals surface area contributed by atoms with Crippen LogP contribution in [0.3, 0.4) is 0 Å². The molecule has 138 valence electrons. The summed E-state index contributed by atoms with van der Waals surface area (Å²) in [6, 6.07) is 10.6. The van der Waals surface area contributed by atoms with E-state index in [-0.39, 0.29) is 6.61 Å². The van der Waals surface area contributed by atoms with E-state index in [4.69, 9.17) is 0 Å². The summed E-state index contributed by atoms with van der Waals surface area (Å²) in [6.45, 7) is 7.19. The third kappa shape index (κ3) is 5.19. The molecular weight excluding hydrogens is 314 g/mol. The number of rotatable bonds is 6. The van der Waals surface area contributed by atoms with Crippen molar-refractivity contribution in [1.82, 2.24) is 9.80 Å². The largest absolute Gasteiger partial charge is 0.396 e. The van der Waals surface area contributed by atoms with E-state index in [9.17, 15) is 9.90 Å². The molecule has 5 heteroatoms. The van der Waals surface area contributed by atoms with Gasteiger partial charge in [0, 0.05) is 58.0 Å². The Hall–Kier alpha value is -1.59. The molecule has 2 aliphatic heterocycles. The Morgan fingerprint density at radius 3 is 2.32 bits per heavy atom. The molecule has 2 saturated heterocycles. The van der Waals surface area contributed by atoms with Crippen molar-refractivity contribution >= 4 is 11.6 Å². The fraction of sp³-hybridized carbons (Fsp3) is 0.650. The molecule has 0 radical (unpaired) electrons. The highest BCUT2D eigenvalue weighted by Gasteiger charge is 2.22. The number of piperidine rings is 1. The van der Waals surface area contributed by atoms with Crippen LogP contribution in [-0.4, -0.2) is 73.2 Å². The summed E-state index contributed by atoms with van der Waals surface area (Å²) < 4.78 is 0. The minimum atomic E-state index is 0.261. The number of hydrogen-bond acceptors (Lipinski definition) is 4. The van der Waals surface area contributed by atoms with Gasteiger partial charge in [-0.1, -0.05) is 18.2 Å². The standard InChI is InChI=1S/C20H31N3O2/c24-17-18-8-11-23(12-9-18)20(25)7-4-10-21-13-15-22(16-14-21)19-5-2-1-3-6-19/h1-3,5-6,18,24H,4,7-17H2. The second-order valence-electron chi connectivity index (χ2n) is 7.27. The van der Waals surface area contributed by atoms with E-state index in [1.54, 1.807) is 0 Å². The first-order chi connectivity index (χ1) is 12.3. The van der Waals surface area contributed by atoms with Gasteiger partial charge in [-0.25, -0.2) is 0 Å². The summed E-state index contributed by atoms with van der Waals surface area (Å²) in [4.78, 5) is 19.2. The maximum Gasteiger partial charge on any atom is 0.222 e. The van der Waals surface area contributed by atoms with Crippen LogP contribution < -0.4 is 4.90 Å². The molecule has 25 heavy (non-hydrogen) atoms. The van der Waals surface area contributed by atoms with Gasteiger partial charge in [0.1, 0.15) is 0 Å². The van der Waals surface area contributed by atoms with Gasteiger partial charge in [-0.2, -0.15) is 0 Å². The normalized spacial score (nSPS) is 20.0. The molecule has 0 aromatic heterocycles. The van der Waals surface area contributed by atoms with E-state index in [2.05, 4.69) is 40.1 Å². The molecule has 2 aliphatic rings. The number of amides is 1. The molecule has 1 aromatic rings. The number of hydrogen-bond donors (Lipinski definition) is 1. The number of aliphatic hydroxyl groups is 1. The number of anilines is 1. The fourth-order valence-corrected chi connectivity index (χ4v) is 3.85. The van der Waals surface area contributed by atoms with Crippen molar-refractivity contribution in [2.24, 2.45) is 5.92 Å². The summed E-state index contributed by atoms with van der Waals surface area (Å²) in [5.41, 5.74) is 1.31. The quantitative estimate of drug-likeness (QED) is 0.854. The minimum absolute atomic E-state index is 0.261. The zero-order valence-electron chi connectivity index (χ0n) is 15.1. The topological polar surface area (TPSA) is 47.0 Å². The van der Waals surface area contributed by atoms with Crippen LogP contribution in [-0.2, 0) is 4.79 Å². The predicted octanol–water partition coefficient (Wildman–Crippen LogP) is 1.82. The predicted molar refractivity (Wildman–Crippen MR) is 101 cm³/mol. The Bertz CT molecular complexity index is 521. The number of para-hydroxylation sites is 1. The average molecular weight is 345 g/mol. The molecule has 1 N–H and O–H groups in total. The van der Waals surface area contributed by atoms with Crippen LogP contribution in [0.25, 0.3) is 0 Å². The van der Waals surface area contributed by atoms with E-state index < -0.39 is 0 Å². The molecule has 1 aromatic carbocycles. The molecule has 0 unspecified atom stereocenters. The molecule has 5 nitrogen and oxygen atoms in total. The van der Waals surface area contributed by atoms with E-state index in [1.165, 1.54) is 5.69 Å². The van der Waals surface area contributed by atoms with E-state index in [0.717, 1.165) is 65.1 Å². The summed E-state index contributed by atoms with van der Waals surface area (Å²) in [6.07, 6.45) is 3.50. The van der Waals surface area contributed by atoms with Gasteiger partial charge in [-0.05, 0) is 43.9 Å². The summed E-state index contributed by atoms with van der Waals surface area (Å²) in [5, 5.41) is 9.18. The number of aliphatic hydroxyl groups excluding tert-OH is 1. The number of carbonyl (C=O) groups is 1. The highest BCUT2D eigenvalue weighted by molar-refractivity contribution is 5.76. The highest BCUT2D eigenvalue weighted by Crippen LogP contribution is 2.18. The van der Waals surface area contributed by atoms with Crippen molar-refractivity contribution < 1.29 is 9.90 Å². The molecule has 0 spiro atoms. The van der Waals surface area contributed by atoms with Crippen molar-refractivity contribution in [2.45, 2.75) is 25.7 Å². The Morgan fingerprint density at radius 2 is 1.68 bits per heavy atom. The van der Waals surface area contributed by atoms with Crippen LogP contribution in [0.2, 0.25) is 0 Å². The third-order valence-electron chi connectivity index (χ3n) is 5.58. The average Bonchev–Trinajstić information content (AvgIpc) is 2.69. The fourth-order valence-electron chi connectivity index (χ4n) is 3.85. The lowest BCUT2D eigenvalue weighted by Crippen LogP contribution is -2.46. The van der Waals surface area contributed by atoms with E-state index >= 15 is 0 Å². The number of benzene rings is 1. The molecule has 0 atom stereocenters. The molecule has 0 bridgehead atoms. The van der Waals surface area contributed by atoms with Gasteiger partial charge in [0.2, 0.25) is 5.91 Å². The Labute approximate surface area is 151 Å². The van der Waals surface area contributed by atoms with Crippen LogP contribution in [0.15, 0.2) is 30.3 Å². The van der Waals surface area contributed by atoms with E-state index in [1.807, 2.05) is 4.90 Å². The zero-order chi connectivity index (χ0) is 17.5. The second kappa shape index (κ2) is 9.20. The van der Waals surface area contributed by atoms with Gasteiger partial charge in [0.15, 0.2) is 0 Å². The zero-order valence-corrected chi connectivity index (χ0v) is 15.1. The molecular formula is C20H31N3O2. The lowest BCUT2D eigenvalue weighted by atomic mass is 9.97. The monoisotopic (exact) mass is 345 g/mol. The van der Waals surface area contributed by atoms with Gasteiger partial charge in [-0.3, -0.25) is 9.69 Å². The molecule has 2 fully saturated rings. The van der Waals surface area contributed by atoms with Gasteiger partial charge in [-0.15, -0.1) is 0 Å². The molecule has 2 heterocycles. The van der Waals surface area contributed by atoms with Crippen molar-refractivity contribution in [2.75, 3.05) is 57.3 Å². The minimum Gasteiger partial charge on any atom is -0.396 e. The number of piperazine rings is 1.